The largest absolute Gasteiger partial charge is 0.544 e. The molecule has 0 aromatic heterocycles. The summed E-state index contributed by atoms with van der Waals surface area (Å²) in [7, 11) is -18.7. The lowest BCUT2D eigenvalue weighted by molar-refractivity contribution is 0.414. The van der Waals surface area contributed by atoms with Crippen LogP contribution < -0.4 is 13.3 Å². The van der Waals surface area contributed by atoms with Crippen LogP contribution >= 0.6 is 0 Å². The lowest BCUT2D eigenvalue weighted by Crippen LogP contribution is -2.43. The van der Waals surface area contributed by atoms with Gasteiger partial charge >= 0.3 is 31.4 Å². The predicted molar refractivity (Wildman–Crippen MR) is 302 cm³/mol. The fraction of sp³-hybridized carbons (Fsp3) is 0.345. The van der Waals surface area contributed by atoms with Crippen molar-refractivity contribution in [3.8, 4) is 17.2 Å². The Balaban J connectivity index is 0.000000265. The highest BCUT2D eigenvalue weighted by atomic mass is 32.3. The SMILES string of the molecule is COc1ccc(C(C)(C)c2ccc(OS(=O)(F)=NCc3cccc(CN=S(C)(=O)F)c3)cc2)cc1.Cc1ccc(C(C)(C)c2ccc(O[Si](C)(C)C(C)(C)C)cc2)cc1.O=S(F)(F)=NCc1cccc(CN=S(=O)(F)F)c1. The molecule has 6 rings (SSSR count). The van der Waals surface area contributed by atoms with E-state index in [9.17, 15) is 40.2 Å². The van der Waals surface area contributed by atoms with E-state index in [0.29, 0.717) is 11.1 Å². The van der Waals surface area contributed by atoms with Gasteiger partial charge in [-0.05, 0) is 106 Å². The summed E-state index contributed by atoms with van der Waals surface area (Å²) in [6.45, 7) is 20.9. The molecular weight excluding hydrogens is 1100 g/mol. The number of ether oxygens (including phenoxy) is 1. The van der Waals surface area contributed by atoms with Crippen molar-refractivity contribution < 1.29 is 53.5 Å². The molecule has 0 spiro atoms. The highest BCUT2D eigenvalue weighted by Crippen LogP contribution is 2.39. The van der Waals surface area contributed by atoms with Crippen LogP contribution in [0.2, 0.25) is 18.1 Å². The standard InChI is InChI=1S/C25H28F2N2O4S2.C22H32OSi.C8H8F4N2O2S2/c1-25(2,21-8-12-23(32-3)13-9-21)22-10-14-24(15-11-22)33-35(27,31)29-18-20-7-5-6-19(16-20)17-28-34(4,26)30;1-17-9-11-18(12-10-17)22(5,6)19-13-15-20(16-14-19)23-24(7,8)21(2,3)4;9-17(10,15)13-5-7-2-1-3-8(4-7)6-14-18(11,12)16/h5-16H,17-18H2,1-4H3;9-16H,1-8H3;1-4H,5-6H2. The van der Waals surface area contributed by atoms with Gasteiger partial charge in [-0.2, -0.15) is 25.7 Å². The van der Waals surface area contributed by atoms with Gasteiger partial charge in [0.25, 0.3) is 0 Å². The average molecular weight is 1170 g/mol. The number of halogens is 6. The highest BCUT2D eigenvalue weighted by molar-refractivity contribution is 7.87. The lowest BCUT2D eigenvalue weighted by Gasteiger charge is -2.36. The van der Waals surface area contributed by atoms with E-state index in [0.717, 1.165) is 28.9 Å². The molecule has 0 aliphatic carbocycles. The van der Waals surface area contributed by atoms with E-state index in [1.807, 2.05) is 24.3 Å². The molecule has 0 fully saturated rings. The Labute approximate surface area is 455 Å². The number of methoxy groups -OCH3 is 1. The van der Waals surface area contributed by atoms with Crippen LogP contribution in [0.25, 0.3) is 0 Å². The Hall–Kier alpha value is -5.68. The van der Waals surface area contributed by atoms with Gasteiger partial charge in [-0.1, -0.05) is 183 Å². The average Bonchev–Trinajstić information content (AvgIpc) is 3.34. The van der Waals surface area contributed by atoms with Gasteiger partial charge in [-0.25, -0.2) is 8.57 Å². The van der Waals surface area contributed by atoms with Crippen molar-refractivity contribution in [2.24, 2.45) is 17.5 Å². The summed E-state index contributed by atoms with van der Waals surface area (Å²) in [5.74, 6) is 1.84. The first-order valence-corrected chi connectivity index (χ1v) is 32.7. The van der Waals surface area contributed by atoms with Crippen molar-refractivity contribution in [2.75, 3.05) is 13.4 Å². The van der Waals surface area contributed by atoms with Crippen molar-refractivity contribution in [3.05, 3.63) is 196 Å². The topological polar surface area (TPSA) is 145 Å². The number of benzene rings is 6. The first kappa shape index (κ1) is 63.8. The van der Waals surface area contributed by atoms with Crippen molar-refractivity contribution in [1.29, 1.82) is 0 Å². The van der Waals surface area contributed by atoms with Crippen LogP contribution in [0.1, 0.15) is 98.5 Å². The number of hydrogen-bond acceptors (Lipinski definition) is 11. The second kappa shape index (κ2) is 26.3. The number of aryl methyl sites for hydroxylation is 1. The van der Waals surface area contributed by atoms with Crippen LogP contribution in [0.4, 0.5) is 23.3 Å². The minimum absolute atomic E-state index is 0.0107. The van der Waals surface area contributed by atoms with Crippen LogP contribution in [-0.2, 0) is 78.5 Å². The third kappa shape index (κ3) is 21.6. The second-order valence-corrected chi connectivity index (χ2v) is 30.3. The Kier molecular flexibility index (Phi) is 21.8. The molecule has 2 atom stereocenters. The maximum atomic E-state index is 14.6. The van der Waals surface area contributed by atoms with E-state index in [1.165, 1.54) is 41.0 Å². The molecule has 22 heteroatoms. The molecule has 0 N–H and O–H groups in total. The summed E-state index contributed by atoms with van der Waals surface area (Å²) in [5, 5.41) is 0.215. The molecule has 420 valence electrons. The van der Waals surface area contributed by atoms with Gasteiger partial charge in [0.05, 0.1) is 33.3 Å². The summed E-state index contributed by atoms with van der Waals surface area (Å²) in [6.07, 6.45) is 0.897. The molecule has 2 unspecified atom stereocenters. The molecule has 0 aliphatic heterocycles. The molecule has 0 saturated carbocycles. The Morgan fingerprint density at radius 3 is 1.13 bits per heavy atom. The Morgan fingerprint density at radius 2 is 0.792 bits per heavy atom. The molecule has 0 heterocycles. The minimum atomic E-state index is -5.19. The van der Waals surface area contributed by atoms with Crippen molar-refractivity contribution in [3.63, 3.8) is 0 Å². The summed E-state index contributed by atoms with van der Waals surface area (Å²) >= 11 is 0. The molecular formula is C55H68F6N4O7S4Si. The number of nitrogens with zero attached hydrogens (tertiary/aromatic N) is 4. The minimum Gasteiger partial charge on any atom is -0.544 e. The zero-order valence-corrected chi connectivity index (χ0v) is 49.5. The van der Waals surface area contributed by atoms with Gasteiger partial charge < -0.3 is 13.3 Å². The summed E-state index contributed by atoms with van der Waals surface area (Å²) in [6, 6.07) is 44.1. The molecule has 11 nitrogen and oxygen atoms in total. The number of rotatable bonds is 17. The van der Waals surface area contributed by atoms with Crippen LogP contribution in [0.5, 0.6) is 17.2 Å². The van der Waals surface area contributed by atoms with Gasteiger partial charge in [0, 0.05) is 17.1 Å². The maximum absolute atomic E-state index is 14.6. The summed E-state index contributed by atoms with van der Waals surface area (Å²) < 4.78 is 148. The second-order valence-electron chi connectivity index (χ2n) is 20.5. The Bertz CT molecular complexity index is 3380. The molecule has 0 bridgehead atoms. The van der Waals surface area contributed by atoms with Gasteiger partial charge in [0.2, 0.25) is 8.32 Å². The van der Waals surface area contributed by atoms with E-state index in [2.05, 4.69) is 134 Å². The lowest BCUT2D eigenvalue weighted by atomic mass is 9.78. The van der Waals surface area contributed by atoms with Crippen molar-refractivity contribution >= 4 is 49.8 Å². The van der Waals surface area contributed by atoms with Gasteiger partial charge in [0.15, 0.2) is 10.1 Å². The fourth-order valence-electron chi connectivity index (χ4n) is 7.06. The third-order valence-electron chi connectivity index (χ3n) is 12.8. The van der Waals surface area contributed by atoms with E-state index < -0.39 is 62.9 Å². The first-order chi connectivity index (χ1) is 35.5. The van der Waals surface area contributed by atoms with Crippen LogP contribution in [0, 0.1) is 6.92 Å². The van der Waals surface area contributed by atoms with Crippen LogP contribution in [0.3, 0.4) is 0 Å². The quantitative estimate of drug-likeness (QED) is 0.0502. The van der Waals surface area contributed by atoms with Gasteiger partial charge in [0.1, 0.15) is 17.2 Å². The molecule has 0 radical (unpaired) electrons. The highest BCUT2D eigenvalue weighted by Gasteiger charge is 2.39. The van der Waals surface area contributed by atoms with E-state index in [1.54, 1.807) is 55.6 Å². The van der Waals surface area contributed by atoms with Crippen LogP contribution in [0.15, 0.2) is 163 Å². The zero-order chi connectivity index (χ0) is 57.7. The predicted octanol–water partition coefficient (Wildman–Crippen LogP) is 16.2. The molecule has 0 amide bonds. The third-order valence-corrected chi connectivity index (χ3v) is 19.4. The zero-order valence-electron chi connectivity index (χ0n) is 45.2. The van der Waals surface area contributed by atoms with Gasteiger partial charge in [-0.15, -0.1) is 3.89 Å². The molecule has 6 aromatic rings. The summed E-state index contributed by atoms with van der Waals surface area (Å²) in [5.41, 5.74) is 7.29. The summed E-state index contributed by atoms with van der Waals surface area (Å²) in [4.78, 5) is 0. The first-order valence-electron chi connectivity index (χ1n) is 24.0. The normalized spacial score (nSPS) is 13.7. The molecule has 6 aromatic carbocycles. The van der Waals surface area contributed by atoms with E-state index >= 15 is 0 Å². The number of hydrogen-bond donors (Lipinski definition) is 0. The van der Waals surface area contributed by atoms with E-state index in [-0.39, 0.29) is 45.8 Å². The maximum Gasteiger partial charge on any atom is 0.377 e. The monoisotopic (exact) mass is 1170 g/mol. The van der Waals surface area contributed by atoms with Gasteiger partial charge in [-0.3, -0.25) is 0 Å². The van der Waals surface area contributed by atoms with E-state index in [4.69, 9.17) is 13.3 Å². The molecule has 0 saturated heterocycles. The van der Waals surface area contributed by atoms with Crippen LogP contribution in [-0.4, -0.2) is 38.5 Å². The fourth-order valence-corrected chi connectivity index (χ4v) is 9.78. The molecule has 0 aliphatic rings. The smallest absolute Gasteiger partial charge is 0.377 e. The van der Waals surface area contributed by atoms with Crippen molar-refractivity contribution in [1.82, 2.24) is 0 Å². The molecule has 77 heavy (non-hydrogen) atoms. The Morgan fingerprint density at radius 1 is 0.468 bits per heavy atom. The van der Waals surface area contributed by atoms with Crippen molar-refractivity contribution in [2.45, 2.75) is 111 Å².